The zero-order valence-electron chi connectivity index (χ0n) is 40.6. The minimum absolute atomic E-state index is 0.0374. The monoisotopic (exact) mass is 858 g/mol. The number of aliphatic hydroxyl groups excluding tert-OH is 2. The van der Waals surface area contributed by atoms with E-state index in [-0.39, 0.29) is 18.5 Å². The summed E-state index contributed by atoms with van der Waals surface area (Å²) in [6.45, 7) is 4.85. The highest BCUT2D eigenvalue weighted by Crippen LogP contribution is 2.16. The molecule has 2 unspecified atom stereocenters. The zero-order valence-corrected chi connectivity index (χ0v) is 40.6. The van der Waals surface area contributed by atoms with Gasteiger partial charge in [-0.05, 0) is 83.5 Å². The van der Waals surface area contributed by atoms with E-state index >= 15 is 0 Å². The Bertz CT molecular complexity index is 993. The number of esters is 1. The third kappa shape index (κ3) is 47.4. The second kappa shape index (κ2) is 50.7. The van der Waals surface area contributed by atoms with Crippen molar-refractivity contribution >= 4 is 11.9 Å². The molecular formula is C55H103NO5. The lowest BCUT2D eigenvalue weighted by Gasteiger charge is -2.22. The first-order valence-electron chi connectivity index (χ1n) is 26.7. The predicted molar refractivity (Wildman–Crippen MR) is 264 cm³/mol. The van der Waals surface area contributed by atoms with Crippen molar-refractivity contribution in [3.05, 3.63) is 36.5 Å². The summed E-state index contributed by atoms with van der Waals surface area (Å²) in [5, 5.41) is 23.3. The van der Waals surface area contributed by atoms with Gasteiger partial charge in [0.05, 0.1) is 25.4 Å². The molecule has 0 fully saturated rings. The first-order valence-corrected chi connectivity index (χ1v) is 26.7. The fourth-order valence-electron chi connectivity index (χ4n) is 8.00. The Labute approximate surface area is 379 Å². The molecule has 61 heavy (non-hydrogen) atoms. The van der Waals surface area contributed by atoms with E-state index in [2.05, 4.69) is 55.6 Å². The van der Waals surface area contributed by atoms with Crippen LogP contribution in [-0.2, 0) is 14.3 Å². The van der Waals surface area contributed by atoms with E-state index in [1.165, 1.54) is 154 Å². The van der Waals surface area contributed by atoms with Gasteiger partial charge < -0.3 is 20.3 Å². The molecule has 1 amide bonds. The Morgan fingerprint density at radius 2 is 0.836 bits per heavy atom. The molecule has 0 heterocycles. The maximum Gasteiger partial charge on any atom is 0.305 e. The Balaban J connectivity index is 3.52. The SMILES string of the molecule is CCCC/C=C\C/C=C\CCCCCCCC(=O)OCCCCC/C=C\CCCCCCCC(=O)NC(CO)C(O)CCCCCCCCCCCCCCCCCCCC. The van der Waals surface area contributed by atoms with Crippen molar-refractivity contribution in [1.82, 2.24) is 5.32 Å². The number of carbonyl (C=O) groups is 2. The molecule has 0 saturated carbocycles. The molecule has 0 aliphatic carbocycles. The van der Waals surface area contributed by atoms with Gasteiger partial charge in [-0.3, -0.25) is 9.59 Å². The molecule has 0 rings (SSSR count). The summed E-state index contributed by atoms with van der Waals surface area (Å²) in [5.74, 6) is -0.0983. The van der Waals surface area contributed by atoms with Crippen molar-refractivity contribution in [1.29, 1.82) is 0 Å². The summed E-state index contributed by atoms with van der Waals surface area (Å²) < 4.78 is 5.43. The Hall–Kier alpha value is -1.92. The van der Waals surface area contributed by atoms with Gasteiger partial charge in [0.15, 0.2) is 0 Å². The van der Waals surface area contributed by atoms with Crippen molar-refractivity contribution in [3.8, 4) is 0 Å². The quantitative estimate of drug-likeness (QED) is 0.0322. The van der Waals surface area contributed by atoms with Gasteiger partial charge in [-0.1, -0.05) is 217 Å². The number of aliphatic hydroxyl groups is 2. The molecule has 0 bridgehead atoms. The normalized spacial score (nSPS) is 12.9. The largest absolute Gasteiger partial charge is 0.466 e. The number of carbonyl (C=O) groups excluding carboxylic acids is 2. The van der Waals surface area contributed by atoms with Crippen LogP contribution in [-0.4, -0.2) is 47.4 Å². The molecule has 0 aromatic rings. The summed E-state index contributed by atoms with van der Waals surface area (Å²) >= 11 is 0. The molecule has 0 saturated heterocycles. The van der Waals surface area contributed by atoms with Crippen LogP contribution >= 0.6 is 0 Å². The van der Waals surface area contributed by atoms with E-state index in [4.69, 9.17) is 4.74 Å². The summed E-state index contributed by atoms with van der Waals surface area (Å²) in [6.07, 6.45) is 61.1. The molecule has 3 N–H and O–H groups in total. The maximum atomic E-state index is 12.5. The average molecular weight is 858 g/mol. The van der Waals surface area contributed by atoms with Crippen LogP contribution in [0.25, 0.3) is 0 Å². The van der Waals surface area contributed by atoms with Gasteiger partial charge in [-0.2, -0.15) is 0 Å². The summed E-state index contributed by atoms with van der Waals surface area (Å²) in [5.41, 5.74) is 0. The number of hydrogen-bond donors (Lipinski definition) is 3. The molecule has 0 aromatic heterocycles. The van der Waals surface area contributed by atoms with E-state index < -0.39 is 12.1 Å². The number of amides is 1. The van der Waals surface area contributed by atoms with Crippen molar-refractivity contribution in [2.75, 3.05) is 13.2 Å². The van der Waals surface area contributed by atoms with Gasteiger partial charge in [0.25, 0.3) is 0 Å². The van der Waals surface area contributed by atoms with E-state index in [0.717, 1.165) is 89.9 Å². The van der Waals surface area contributed by atoms with Crippen LogP contribution < -0.4 is 5.32 Å². The van der Waals surface area contributed by atoms with Crippen LogP contribution in [0.1, 0.15) is 277 Å². The lowest BCUT2D eigenvalue weighted by molar-refractivity contribution is -0.143. The smallest absolute Gasteiger partial charge is 0.305 e. The highest BCUT2D eigenvalue weighted by molar-refractivity contribution is 5.76. The molecule has 0 aromatic carbocycles. The van der Waals surface area contributed by atoms with Gasteiger partial charge in [0, 0.05) is 12.8 Å². The van der Waals surface area contributed by atoms with Crippen molar-refractivity contribution in [3.63, 3.8) is 0 Å². The third-order valence-corrected chi connectivity index (χ3v) is 12.2. The lowest BCUT2D eigenvalue weighted by Crippen LogP contribution is -2.45. The van der Waals surface area contributed by atoms with Crippen LogP contribution in [0, 0.1) is 0 Å². The molecular weight excluding hydrogens is 755 g/mol. The minimum Gasteiger partial charge on any atom is -0.466 e. The molecule has 0 spiro atoms. The van der Waals surface area contributed by atoms with Crippen LogP contribution in [0.3, 0.4) is 0 Å². The second-order valence-corrected chi connectivity index (χ2v) is 18.2. The predicted octanol–water partition coefficient (Wildman–Crippen LogP) is 16.1. The van der Waals surface area contributed by atoms with Gasteiger partial charge in [-0.15, -0.1) is 0 Å². The molecule has 0 aliphatic heterocycles. The van der Waals surface area contributed by atoms with Crippen LogP contribution in [0.2, 0.25) is 0 Å². The van der Waals surface area contributed by atoms with Crippen LogP contribution in [0.5, 0.6) is 0 Å². The minimum atomic E-state index is -0.682. The van der Waals surface area contributed by atoms with Crippen molar-refractivity contribution < 1.29 is 24.5 Å². The fraction of sp³-hybridized carbons (Fsp3) is 0.855. The van der Waals surface area contributed by atoms with E-state index in [1.54, 1.807) is 0 Å². The number of nitrogens with one attached hydrogen (secondary N) is 1. The first-order chi connectivity index (χ1) is 30.0. The standard InChI is InChI=1S/C55H103NO5/c1-3-5-7-9-11-13-15-17-19-20-21-22-23-27-31-35-39-43-47-53(58)52(51-57)56-54(59)48-44-40-36-32-28-25-26-30-34-38-42-46-50-61-55(60)49-45-41-37-33-29-24-18-16-14-12-10-8-6-4-2/h10,12,16,18,26,30,52-53,57-58H,3-9,11,13-15,17,19-25,27-29,31-51H2,1-2H3,(H,56,59)/b12-10-,18-16-,30-26-. The summed E-state index contributed by atoms with van der Waals surface area (Å²) in [4.78, 5) is 24.5. The number of unbranched alkanes of at least 4 members (excludes halogenated alkanes) is 32. The highest BCUT2D eigenvalue weighted by Gasteiger charge is 2.20. The topological polar surface area (TPSA) is 95.9 Å². The Kier molecular flexibility index (Phi) is 49.1. The Morgan fingerprint density at radius 3 is 1.31 bits per heavy atom. The summed E-state index contributed by atoms with van der Waals surface area (Å²) in [7, 11) is 0. The highest BCUT2D eigenvalue weighted by atomic mass is 16.5. The molecule has 6 nitrogen and oxygen atoms in total. The van der Waals surface area contributed by atoms with Gasteiger partial charge in [0.2, 0.25) is 5.91 Å². The van der Waals surface area contributed by atoms with Gasteiger partial charge in [0.1, 0.15) is 0 Å². The van der Waals surface area contributed by atoms with Crippen molar-refractivity contribution in [2.24, 2.45) is 0 Å². The van der Waals surface area contributed by atoms with Crippen LogP contribution in [0.15, 0.2) is 36.5 Å². The third-order valence-electron chi connectivity index (χ3n) is 12.2. The van der Waals surface area contributed by atoms with E-state index in [1.807, 2.05) is 0 Å². The zero-order chi connectivity index (χ0) is 44.4. The Morgan fingerprint density at radius 1 is 0.459 bits per heavy atom. The number of allylic oxidation sites excluding steroid dienone is 6. The van der Waals surface area contributed by atoms with Gasteiger partial charge >= 0.3 is 5.97 Å². The average Bonchev–Trinajstić information content (AvgIpc) is 3.26. The first kappa shape index (κ1) is 59.1. The van der Waals surface area contributed by atoms with E-state index in [0.29, 0.717) is 25.9 Å². The molecule has 0 aliphatic rings. The van der Waals surface area contributed by atoms with E-state index in [9.17, 15) is 19.8 Å². The van der Waals surface area contributed by atoms with Gasteiger partial charge in [-0.25, -0.2) is 0 Å². The van der Waals surface area contributed by atoms with Crippen LogP contribution in [0.4, 0.5) is 0 Å². The molecule has 358 valence electrons. The molecule has 0 radical (unpaired) electrons. The number of hydrogen-bond acceptors (Lipinski definition) is 5. The molecule has 2 atom stereocenters. The fourth-order valence-corrected chi connectivity index (χ4v) is 8.00. The second-order valence-electron chi connectivity index (χ2n) is 18.2. The van der Waals surface area contributed by atoms with Crippen molar-refractivity contribution in [2.45, 2.75) is 289 Å². The lowest BCUT2D eigenvalue weighted by atomic mass is 10.0. The number of ether oxygens (including phenoxy) is 1. The molecule has 6 heteroatoms. The number of rotatable bonds is 49. The maximum absolute atomic E-state index is 12.5. The summed E-state index contributed by atoms with van der Waals surface area (Å²) in [6, 6.07) is -0.562.